The van der Waals surface area contributed by atoms with Gasteiger partial charge >= 0.3 is 5.97 Å². The summed E-state index contributed by atoms with van der Waals surface area (Å²) in [6.45, 7) is 8.07. The molecule has 17 N–H and O–H groups in total. The Balaban J connectivity index is 6.08. The summed E-state index contributed by atoms with van der Waals surface area (Å²) in [6, 6.07) is -10.6. The zero-order chi connectivity index (χ0) is 46.1. The molecule has 0 aromatic rings. The van der Waals surface area contributed by atoms with Gasteiger partial charge in [0.25, 0.3) is 0 Å². The molecule has 0 fully saturated rings. The fourth-order valence-corrected chi connectivity index (χ4v) is 5.56. The number of carboxylic acids is 1. The highest BCUT2D eigenvalue weighted by atomic mass is 16.4. The van der Waals surface area contributed by atoms with E-state index in [-0.39, 0.29) is 18.8 Å². The molecule has 0 heterocycles. The zero-order valence-corrected chi connectivity index (χ0v) is 35.1. The molecule has 0 aliphatic rings. The molecule has 0 aliphatic carbocycles. The van der Waals surface area contributed by atoms with Crippen LogP contribution in [0.2, 0.25) is 0 Å². The number of hydrogen-bond donors (Lipinski definition) is 13. The molecule has 0 spiro atoms. The Bertz CT molecular complexity index is 1460. The number of carboxylic acid groups (broad SMARTS) is 1. The Hall–Kier alpha value is -5.26. The molecule has 23 heteroatoms. The minimum Gasteiger partial charge on any atom is -0.481 e. The van der Waals surface area contributed by atoms with Crippen molar-refractivity contribution in [2.45, 2.75) is 153 Å². The van der Waals surface area contributed by atoms with Crippen molar-refractivity contribution in [3.8, 4) is 0 Å². The van der Waals surface area contributed by atoms with Gasteiger partial charge in [0.05, 0.1) is 24.6 Å². The average molecular weight is 858 g/mol. The third kappa shape index (κ3) is 22.2. The Morgan fingerprint density at radius 1 is 0.583 bits per heavy atom. The summed E-state index contributed by atoms with van der Waals surface area (Å²) in [5, 5.41) is 36.4. The second-order valence-corrected chi connectivity index (χ2v) is 15.0. The predicted octanol–water partition coefficient (Wildman–Crippen LogP) is -4.63. The van der Waals surface area contributed by atoms with E-state index in [2.05, 4.69) is 37.2 Å². The highest BCUT2D eigenvalue weighted by Gasteiger charge is 2.35. The number of aldehydes is 1. The number of unbranched alkanes of at least 4 members (excludes halogenated alkanes) is 2. The molecule has 0 saturated carbocycles. The van der Waals surface area contributed by atoms with Gasteiger partial charge in [-0.25, -0.2) is 0 Å². The number of aliphatic carboxylic acids is 1. The highest BCUT2D eigenvalue weighted by Crippen LogP contribution is 2.09. The number of primary amides is 1. The lowest BCUT2D eigenvalue weighted by Crippen LogP contribution is -2.62. The van der Waals surface area contributed by atoms with Gasteiger partial charge < -0.3 is 75.2 Å². The first-order valence-corrected chi connectivity index (χ1v) is 20.0. The number of aliphatic hydroxyl groups excluding tert-OH is 1. The lowest BCUT2D eigenvalue weighted by molar-refractivity contribution is -0.138. The van der Waals surface area contributed by atoms with Crippen LogP contribution in [-0.2, 0) is 47.9 Å². The van der Waals surface area contributed by atoms with E-state index in [0.717, 1.165) is 6.92 Å². The summed E-state index contributed by atoms with van der Waals surface area (Å²) in [4.78, 5) is 127. The highest BCUT2D eigenvalue weighted by molar-refractivity contribution is 5.98. The van der Waals surface area contributed by atoms with E-state index in [4.69, 9.17) is 28.0 Å². The van der Waals surface area contributed by atoms with Crippen LogP contribution in [-0.4, -0.2) is 137 Å². The SMILES string of the molecule is CC(C)C[C@H](NC(=O)[C@H](C)NC(=O)[C@H](CCCCN)NC(=O)[C@@H](N)CCCCN)C(=O)N[C@H](C(=O)N[C@@H](CC(N)=O)C(=O)N[C@@H](CCC(=O)O)C(=O)N[C@@H](C)C=O)[C@@H](C)O. The predicted molar refractivity (Wildman–Crippen MR) is 217 cm³/mol. The van der Waals surface area contributed by atoms with Gasteiger partial charge in [-0.05, 0) is 84.7 Å². The van der Waals surface area contributed by atoms with Crippen molar-refractivity contribution < 1.29 is 58.2 Å². The zero-order valence-electron chi connectivity index (χ0n) is 35.1. The molecule has 60 heavy (non-hydrogen) atoms. The van der Waals surface area contributed by atoms with Crippen molar-refractivity contribution in [2.75, 3.05) is 13.1 Å². The lowest BCUT2D eigenvalue weighted by atomic mass is 10.0. The Morgan fingerprint density at radius 3 is 1.58 bits per heavy atom. The van der Waals surface area contributed by atoms with Crippen molar-refractivity contribution in [3.63, 3.8) is 0 Å². The van der Waals surface area contributed by atoms with Crippen LogP contribution in [0.15, 0.2) is 0 Å². The molecule has 0 aromatic heterocycles. The van der Waals surface area contributed by atoms with Gasteiger partial charge in [0.2, 0.25) is 47.3 Å². The van der Waals surface area contributed by atoms with Crippen LogP contribution in [0.25, 0.3) is 0 Å². The van der Waals surface area contributed by atoms with E-state index in [1.165, 1.54) is 13.8 Å². The Labute approximate surface area is 349 Å². The van der Waals surface area contributed by atoms with Crippen molar-refractivity contribution in [1.82, 2.24) is 37.2 Å². The molecule has 0 unspecified atom stereocenters. The Morgan fingerprint density at radius 2 is 1.07 bits per heavy atom. The first-order valence-electron chi connectivity index (χ1n) is 20.0. The minimum absolute atomic E-state index is 0.0153. The summed E-state index contributed by atoms with van der Waals surface area (Å²) in [5.74, 6) is -8.89. The van der Waals surface area contributed by atoms with E-state index >= 15 is 0 Å². The molecule has 0 bridgehead atoms. The maximum Gasteiger partial charge on any atom is 0.303 e. The first-order chi connectivity index (χ1) is 28.1. The van der Waals surface area contributed by atoms with Crippen LogP contribution in [0.4, 0.5) is 0 Å². The summed E-state index contributed by atoms with van der Waals surface area (Å²) in [5.41, 5.74) is 22.4. The standard InChI is InChI=1S/C37H67N11O12/c1-19(2)16-26(46-31(54)21(4)43-34(57)24(11-7-9-15-39)44-32(55)23(40)10-6-8-14-38)36(59)48-30(22(5)50)37(60)47-27(17-28(41)51)35(58)45-25(12-13-29(52)53)33(56)42-20(3)18-49/h18-27,30,50H,6-17,38-40H2,1-5H3,(H2,41,51)(H,42,56)(H,43,57)(H,44,55)(H,45,58)(H,46,54)(H,47,60)(H,48,59)(H,52,53)/t20-,21-,22+,23-,24-,25-,26-,27-,30-/m0/s1. The van der Waals surface area contributed by atoms with Crippen molar-refractivity contribution in [3.05, 3.63) is 0 Å². The average Bonchev–Trinajstić information content (AvgIpc) is 3.16. The molecule has 23 nitrogen and oxygen atoms in total. The number of amides is 8. The summed E-state index contributed by atoms with van der Waals surface area (Å²) >= 11 is 0. The van der Waals surface area contributed by atoms with Gasteiger partial charge in [0, 0.05) is 6.42 Å². The molecule has 0 saturated heterocycles. The maximum absolute atomic E-state index is 13.6. The second kappa shape index (κ2) is 29.0. The van der Waals surface area contributed by atoms with Gasteiger partial charge in [-0.15, -0.1) is 0 Å². The molecular weight excluding hydrogens is 790 g/mol. The lowest BCUT2D eigenvalue weighted by Gasteiger charge is -2.28. The molecule has 8 amide bonds. The summed E-state index contributed by atoms with van der Waals surface area (Å²) in [6.07, 6.45) is -0.220. The largest absolute Gasteiger partial charge is 0.481 e. The first kappa shape index (κ1) is 54.7. The van der Waals surface area contributed by atoms with Crippen molar-refractivity contribution in [2.24, 2.45) is 28.9 Å². The molecular formula is C37H67N11O12. The van der Waals surface area contributed by atoms with E-state index < -0.39 is 127 Å². The quantitative estimate of drug-likeness (QED) is 0.0230. The van der Waals surface area contributed by atoms with E-state index in [0.29, 0.717) is 51.5 Å². The second-order valence-electron chi connectivity index (χ2n) is 15.0. The molecule has 342 valence electrons. The molecule has 0 aromatic carbocycles. The van der Waals surface area contributed by atoms with Crippen LogP contribution in [0.1, 0.15) is 98.8 Å². The van der Waals surface area contributed by atoms with Crippen LogP contribution in [0, 0.1) is 5.92 Å². The van der Waals surface area contributed by atoms with Crippen molar-refractivity contribution in [1.29, 1.82) is 0 Å². The summed E-state index contributed by atoms with van der Waals surface area (Å²) < 4.78 is 0. The fraction of sp³-hybridized carbons (Fsp3) is 0.730. The van der Waals surface area contributed by atoms with Gasteiger partial charge in [-0.1, -0.05) is 20.3 Å². The minimum atomic E-state index is -1.79. The topological polar surface area (TPSA) is 399 Å². The van der Waals surface area contributed by atoms with Crippen LogP contribution >= 0.6 is 0 Å². The monoisotopic (exact) mass is 857 g/mol. The molecule has 9 atom stereocenters. The van der Waals surface area contributed by atoms with Gasteiger partial charge in [-0.2, -0.15) is 0 Å². The number of aliphatic hydroxyl groups is 1. The number of nitrogens with one attached hydrogen (secondary N) is 7. The van der Waals surface area contributed by atoms with Gasteiger partial charge in [-0.3, -0.25) is 43.2 Å². The maximum atomic E-state index is 13.6. The van der Waals surface area contributed by atoms with E-state index in [1.807, 2.05) is 0 Å². The van der Waals surface area contributed by atoms with Crippen LogP contribution < -0.4 is 60.2 Å². The fourth-order valence-electron chi connectivity index (χ4n) is 5.56. The number of nitrogens with two attached hydrogens (primary N) is 4. The smallest absolute Gasteiger partial charge is 0.303 e. The van der Waals surface area contributed by atoms with Crippen LogP contribution in [0.5, 0.6) is 0 Å². The van der Waals surface area contributed by atoms with E-state index in [9.17, 15) is 53.1 Å². The number of rotatable bonds is 31. The van der Waals surface area contributed by atoms with Crippen LogP contribution in [0.3, 0.4) is 0 Å². The number of carbonyl (C=O) groups is 10. The van der Waals surface area contributed by atoms with Crippen molar-refractivity contribution >= 4 is 59.5 Å². The van der Waals surface area contributed by atoms with Gasteiger partial charge in [0.1, 0.15) is 42.5 Å². The third-order valence-electron chi connectivity index (χ3n) is 8.93. The van der Waals surface area contributed by atoms with E-state index in [1.54, 1.807) is 13.8 Å². The molecule has 0 radical (unpaired) electrons. The number of hydrogen-bond acceptors (Lipinski definition) is 14. The third-order valence-corrected chi connectivity index (χ3v) is 8.93. The number of carbonyl (C=O) groups excluding carboxylic acids is 9. The summed E-state index contributed by atoms with van der Waals surface area (Å²) in [7, 11) is 0. The normalized spacial score (nSPS) is 15.6. The molecule has 0 aliphatic heterocycles. The Kier molecular flexibility index (Phi) is 26.5. The van der Waals surface area contributed by atoms with Gasteiger partial charge in [0.15, 0.2) is 0 Å². The molecule has 0 rings (SSSR count).